The molecule has 3 aromatic rings. The van der Waals surface area contributed by atoms with Crippen LogP contribution in [0.15, 0.2) is 61.2 Å². The minimum Gasteiger partial charge on any atom is -0.373 e. The van der Waals surface area contributed by atoms with Crippen LogP contribution in [-0.4, -0.2) is 29.5 Å². The quantitative estimate of drug-likeness (QED) is 0.689. The van der Waals surface area contributed by atoms with Crippen LogP contribution in [0.1, 0.15) is 21.5 Å². The Labute approximate surface area is 164 Å². The topological polar surface area (TPSA) is 58.1 Å². The summed E-state index contributed by atoms with van der Waals surface area (Å²) >= 11 is 6.02. The Morgan fingerprint density at radius 2 is 1.89 bits per heavy atom. The molecule has 0 bridgehead atoms. The minimum atomic E-state index is -0.211. The lowest BCUT2D eigenvalue weighted by atomic mass is 10.1. The van der Waals surface area contributed by atoms with E-state index in [2.05, 4.69) is 20.2 Å². The molecule has 0 saturated carbocycles. The predicted molar refractivity (Wildman–Crippen MR) is 110 cm³/mol. The smallest absolute Gasteiger partial charge is 0.257 e. The van der Waals surface area contributed by atoms with Crippen LogP contribution >= 0.6 is 11.6 Å². The Balaban J connectivity index is 1.68. The number of nitrogens with one attached hydrogen (secondary N) is 1. The van der Waals surface area contributed by atoms with Gasteiger partial charge in [-0.3, -0.25) is 14.8 Å². The first-order valence-corrected chi connectivity index (χ1v) is 9.03. The van der Waals surface area contributed by atoms with Gasteiger partial charge in [0.15, 0.2) is 0 Å². The number of carbonyl (C=O) groups excluding carboxylic acids is 1. The maximum atomic E-state index is 12.6. The molecule has 0 spiro atoms. The molecule has 0 aliphatic rings. The third kappa shape index (κ3) is 5.05. The van der Waals surface area contributed by atoms with Crippen LogP contribution in [0.2, 0.25) is 5.02 Å². The van der Waals surface area contributed by atoms with E-state index in [9.17, 15) is 4.79 Å². The van der Waals surface area contributed by atoms with Crippen molar-refractivity contribution in [2.45, 2.75) is 13.3 Å². The van der Waals surface area contributed by atoms with Crippen molar-refractivity contribution in [3.63, 3.8) is 0 Å². The molecule has 1 aromatic carbocycles. The fraction of sp³-hybridized carbons (Fsp3) is 0.190. The molecule has 0 unspecified atom stereocenters. The molecule has 0 aliphatic heterocycles. The second-order valence-electron chi connectivity index (χ2n) is 6.37. The lowest BCUT2D eigenvalue weighted by molar-refractivity contribution is 0.102. The number of aromatic nitrogens is 2. The van der Waals surface area contributed by atoms with E-state index in [1.807, 2.05) is 38.2 Å². The van der Waals surface area contributed by atoms with Crippen LogP contribution in [0, 0.1) is 6.92 Å². The van der Waals surface area contributed by atoms with Crippen molar-refractivity contribution in [3.8, 4) is 0 Å². The molecule has 2 heterocycles. The average molecular weight is 381 g/mol. The molecule has 2 aromatic heterocycles. The summed E-state index contributed by atoms with van der Waals surface area (Å²) in [5, 5.41) is 3.48. The number of halogens is 1. The Kier molecular flexibility index (Phi) is 6.04. The summed E-state index contributed by atoms with van der Waals surface area (Å²) in [4.78, 5) is 22.9. The number of pyridine rings is 2. The SMILES string of the molecule is Cc1ccc(Cl)cc1NC(=O)c1cncc(N(C)CCc2ccncc2)c1. The largest absolute Gasteiger partial charge is 0.373 e. The number of hydrogen-bond donors (Lipinski definition) is 1. The molecular weight excluding hydrogens is 360 g/mol. The van der Waals surface area contributed by atoms with Gasteiger partial charge in [-0.25, -0.2) is 0 Å². The van der Waals surface area contributed by atoms with E-state index in [0.717, 1.165) is 24.2 Å². The average Bonchev–Trinajstić information content (AvgIpc) is 2.69. The Morgan fingerprint density at radius 3 is 2.67 bits per heavy atom. The van der Waals surface area contributed by atoms with E-state index in [-0.39, 0.29) is 5.91 Å². The van der Waals surface area contributed by atoms with E-state index >= 15 is 0 Å². The van der Waals surface area contributed by atoms with Gasteiger partial charge in [0.1, 0.15) is 0 Å². The van der Waals surface area contributed by atoms with Crippen molar-refractivity contribution in [3.05, 3.63) is 82.9 Å². The van der Waals surface area contributed by atoms with Gasteiger partial charge in [0.05, 0.1) is 17.4 Å². The van der Waals surface area contributed by atoms with Crippen LogP contribution in [-0.2, 0) is 6.42 Å². The first-order valence-electron chi connectivity index (χ1n) is 8.65. The van der Waals surface area contributed by atoms with Crippen LogP contribution in [0.25, 0.3) is 0 Å². The van der Waals surface area contributed by atoms with Crippen molar-refractivity contribution >= 4 is 28.9 Å². The fourth-order valence-electron chi connectivity index (χ4n) is 2.66. The van der Waals surface area contributed by atoms with Crippen molar-refractivity contribution in [1.82, 2.24) is 9.97 Å². The zero-order chi connectivity index (χ0) is 19.2. The van der Waals surface area contributed by atoms with Gasteiger partial charge >= 0.3 is 0 Å². The molecule has 138 valence electrons. The van der Waals surface area contributed by atoms with Gasteiger partial charge in [-0.15, -0.1) is 0 Å². The number of aryl methyl sites for hydroxylation is 1. The summed E-state index contributed by atoms with van der Waals surface area (Å²) in [7, 11) is 1.99. The van der Waals surface area contributed by atoms with E-state index in [4.69, 9.17) is 11.6 Å². The number of carbonyl (C=O) groups is 1. The summed E-state index contributed by atoms with van der Waals surface area (Å²) in [5.41, 5.74) is 4.26. The van der Waals surface area contributed by atoms with Crippen molar-refractivity contribution < 1.29 is 4.79 Å². The van der Waals surface area contributed by atoms with Crippen molar-refractivity contribution in [1.29, 1.82) is 0 Å². The first-order chi connectivity index (χ1) is 13.0. The number of anilines is 2. The number of benzene rings is 1. The third-order valence-corrected chi connectivity index (χ3v) is 4.59. The highest BCUT2D eigenvalue weighted by atomic mass is 35.5. The zero-order valence-electron chi connectivity index (χ0n) is 15.3. The molecular formula is C21H21ClN4O. The normalized spacial score (nSPS) is 10.5. The van der Waals surface area contributed by atoms with E-state index in [1.54, 1.807) is 36.9 Å². The van der Waals surface area contributed by atoms with Crippen LogP contribution < -0.4 is 10.2 Å². The second kappa shape index (κ2) is 8.64. The fourth-order valence-corrected chi connectivity index (χ4v) is 2.83. The monoisotopic (exact) mass is 380 g/mol. The molecule has 0 aliphatic carbocycles. The minimum absolute atomic E-state index is 0.211. The molecule has 0 radical (unpaired) electrons. The van der Waals surface area contributed by atoms with E-state index in [0.29, 0.717) is 16.3 Å². The lowest BCUT2D eigenvalue weighted by Crippen LogP contribution is -2.21. The first kappa shape index (κ1) is 18.9. The Bertz CT molecular complexity index is 930. The summed E-state index contributed by atoms with van der Waals surface area (Å²) in [6, 6.07) is 11.3. The molecule has 0 saturated heterocycles. The van der Waals surface area contributed by atoms with Gasteiger partial charge in [-0.1, -0.05) is 17.7 Å². The molecule has 1 amide bonds. The Hall–Kier alpha value is -2.92. The van der Waals surface area contributed by atoms with Gasteiger partial charge in [-0.05, 0) is 54.8 Å². The second-order valence-corrected chi connectivity index (χ2v) is 6.81. The van der Waals surface area contributed by atoms with Gasteiger partial charge in [-0.2, -0.15) is 0 Å². The molecule has 0 fully saturated rings. The van der Waals surface area contributed by atoms with Gasteiger partial charge < -0.3 is 10.2 Å². The number of likely N-dealkylation sites (N-methyl/N-ethyl adjacent to an activating group) is 1. The molecule has 6 heteroatoms. The summed E-state index contributed by atoms with van der Waals surface area (Å²) in [6.45, 7) is 2.73. The highest BCUT2D eigenvalue weighted by Crippen LogP contribution is 2.21. The predicted octanol–water partition coefficient (Wildman–Crippen LogP) is 4.37. The van der Waals surface area contributed by atoms with Gasteiger partial charge in [0.2, 0.25) is 0 Å². The lowest BCUT2D eigenvalue weighted by Gasteiger charge is -2.19. The van der Waals surface area contributed by atoms with Crippen LogP contribution in [0.4, 0.5) is 11.4 Å². The number of hydrogen-bond acceptors (Lipinski definition) is 4. The van der Waals surface area contributed by atoms with Crippen LogP contribution in [0.3, 0.4) is 0 Å². The molecule has 3 rings (SSSR count). The molecule has 27 heavy (non-hydrogen) atoms. The summed E-state index contributed by atoms with van der Waals surface area (Å²) in [6.07, 6.45) is 7.79. The summed E-state index contributed by atoms with van der Waals surface area (Å²) < 4.78 is 0. The highest BCUT2D eigenvalue weighted by Gasteiger charge is 2.11. The van der Waals surface area contributed by atoms with Crippen molar-refractivity contribution in [2.75, 3.05) is 23.8 Å². The standard InChI is InChI=1S/C21H21ClN4O/c1-15-3-4-18(22)12-20(15)25-21(27)17-11-19(14-24-13-17)26(2)10-7-16-5-8-23-9-6-16/h3-6,8-9,11-14H,7,10H2,1-2H3,(H,25,27). The zero-order valence-corrected chi connectivity index (χ0v) is 16.1. The van der Waals surface area contributed by atoms with E-state index in [1.165, 1.54) is 5.56 Å². The number of amides is 1. The van der Waals surface area contributed by atoms with Crippen molar-refractivity contribution in [2.24, 2.45) is 0 Å². The van der Waals surface area contributed by atoms with E-state index < -0.39 is 0 Å². The molecule has 0 atom stereocenters. The Morgan fingerprint density at radius 1 is 1.11 bits per heavy atom. The summed E-state index contributed by atoms with van der Waals surface area (Å²) in [5.74, 6) is -0.211. The maximum absolute atomic E-state index is 12.6. The van der Waals surface area contributed by atoms with Gasteiger partial charge in [0, 0.05) is 42.9 Å². The molecule has 5 nitrogen and oxygen atoms in total. The third-order valence-electron chi connectivity index (χ3n) is 4.36. The molecule has 1 N–H and O–H groups in total. The highest BCUT2D eigenvalue weighted by molar-refractivity contribution is 6.31. The maximum Gasteiger partial charge on any atom is 0.257 e. The van der Waals surface area contributed by atoms with Crippen LogP contribution in [0.5, 0.6) is 0 Å². The van der Waals surface area contributed by atoms with Gasteiger partial charge in [0.25, 0.3) is 5.91 Å². The number of rotatable bonds is 6. The number of nitrogens with zero attached hydrogens (tertiary/aromatic N) is 3.